The molecule has 1 aromatic carbocycles. The highest BCUT2D eigenvalue weighted by molar-refractivity contribution is 5.87. The standard InChI is InChI=1S/C17H23N3O2/c1-2-20-15(12-16(21)22)13-8-4-5-9-14(13)18-17(20)19-10-6-3-7-11-19/h4-5,8-9,15H,2-3,6-7,10-12H2,1H3,(H,21,22). The van der Waals surface area contributed by atoms with Crippen molar-refractivity contribution in [3.8, 4) is 0 Å². The van der Waals surface area contributed by atoms with Crippen molar-refractivity contribution in [3.05, 3.63) is 29.8 Å². The minimum atomic E-state index is -0.766. The van der Waals surface area contributed by atoms with Crippen molar-refractivity contribution < 1.29 is 9.90 Å². The van der Waals surface area contributed by atoms with Crippen molar-refractivity contribution in [1.82, 2.24) is 9.80 Å². The summed E-state index contributed by atoms with van der Waals surface area (Å²) in [6.45, 7) is 4.86. The van der Waals surface area contributed by atoms with Gasteiger partial charge >= 0.3 is 5.97 Å². The highest BCUT2D eigenvalue weighted by Crippen LogP contribution is 2.37. The van der Waals surface area contributed by atoms with E-state index in [4.69, 9.17) is 4.99 Å². The normalized spacial score (nSPS) is 21.3. The third-order valence-electron chi connectivity index (χ3n) is 4.50. The topological polar surface area (TPSA) is 56.1 Å². The first-order valence-electron chi connectivity index (χ1n) is 8.11. The van der Waals surface area contributed by atoms with E-state index in [1.165, 1.54) is 19.3 Å². The van der Waals surface area contributed by atoms with Crippen molar-refractivity contribution in [2.75, 3.05) is 19.6 Å². The van der Waals surface area contributed by atoms with Crippen LogP contribution in [0, 0.1) is 0 Å². The van der Waals surface area contributed by atoms with E-state index in [2.05, 4.69) is 16.7 Å². The van der Waals surface area contributed by atoms with Crippen LogP contribution in [0.2, 0.25) is 0 Å². The zero-order chi connectivity index (χ0) is 15.5. The van der Waals surface area contributed by atoms with Gasteiger partial charge in [-0.1, -0.05) is 18.2 Å². The van der Waals surface area contributed by atoms with Crippen molar-refractivity contribution in [1.29, 1.82) is 0 Å². The molecule has 1 fully saturated rings. The van der Waals surface area contributed by atoms with Gasteiger partial charge in [0.15, 0.2) is 0 Å². The molecule has 5 nitrogen and oxygen atoms in total. The van der Waals surface area contributed by atoms with Crippen molar-refractivity contribution in [2.24, 2.45) is 4.99 Å². The van der Waals surface area contributed by atoms with Gasteiger partial charge < -0.3 is 14.9 Å². The fourth-order valence-electron chi connectivity index (χ4n) is 3.44. The number of fused-ring (bicyclic) bond motifs is 1. The molecule has 0 saturated carbocycles. The Morgan fingerprint density at radius 1 is 1.27 bits per heavy atom. The molecule has 1 aromatic rings. The lowest BCUT2D eigenvalue weighted by atomic mass is 9.98. The average molecular weight is 301 g/mol. The summed E-state index contributed by atoms with van der Waals surface area (Å²) in [6, 6.07) is 7.79. The molecular formula is C17H23N3O2. The molecular weight excluding hydrogens is 278 g/mol. The molecule has 2 aliphatic rings. The molecule has 5 heteroatoms. The first-order chi connectivity index (χ1) is 10.7. The molecule has 1 unspecified atom stereocenters. The van der Waals surface area contributed by atoms with Crippen LogP contribution in [0.15, 0.2) is 29.3 Å². The predicted octanol–water partition coefficient (Wildman–Crippen LogP) is 3.01. The van der Waals surface area contributed by atoms with Gasteiger partial charge in [0.25, 0.3) is 0 Å². The molecule has 0 bridgehead atoms. The van der Waals surface area contributed by atoms with Gasteiger partial charge in [0.2, 0.25) is 5.96 Å². The lowest BCUT2D eigenvalue weighted by Crippen LogP contribution is -2.49. The van der Waals surface area contributed by atoms with Gasteiger partial charge in [0.05, 0.1) is 18.2 Å². The number of carbonyl (C=O) groups is 1. The number of carboxylic acid groups (broad SMARTS) is 1. The van der Waals surface area contributed by atoms with Gasteiger partial charge in [-0.3, -0.25) is 4.79 Å². The van der Waals surface area contributed by atoms with Gasteiger partial charge in [-0.15, -0.1) is 0 Å². The van der Waals surface area contributed by atoms with Crippen LogP contribution in [0.3, 0.4) is 0 Å². The van der Waals surface area contributed by atoms with Gasteiger partial charge in [-0.2, -0.15) is 0 Å². The first-order valence-corrected chi connectivity index (χ1v) is 8.11. The summed E-state index contributed by atoms with van der Waals surface area (Å²) in [6.07, 6.45) is 3.74. The SMILES string of the molecule is CCN1C(N2CCCCC2)=Nc2ccccc2C1CC(=O)O. The summed E-state index contributed by atoms with van der Waals surface area (Å²) in [4.78, 5) is 20.7. The Kier molecular flexibility index (Phi) is 4.32. The Morgan fingerprint density at radius 2 is 2.00 bits per heavy atom. The fraction of sp³-hybridized carbons (Fsp3) is 0.529. The number of hydrogen-bond donors (Lipinski definition) is 1. The van der Waals surface area contributed by atoms with Crippen molar-refractivity contribution in [2.45, 2.75) is 38.6 Å². The Labute approximate surface area is 131 Å². The number of nitrogens with zero attached hydrogens (tertiary/aromatic N) is 3. The van der Waals surface area contributed by atoms with E-state index in [0.29, 0.717) is 0 Å². The van der Waals surface area contributed by atoms with Crippen LogP contribution < -0.4 is 0 Å². The zero-order valence-electron chi connectivity index (χ0n) is 13.0. The van der Waals surface area contributed by atoms with E-state index in [9.17, 15) is 9.90 Å². The van der Waals surface area contributed by atoms with Crippen LogP contribution in [0.1, 0.15) is 44.2 Å². The number of aliphatic carboxylic acids is 1. The number of benzene rings is 1. The van der Waals surface area contributed by atoms with E-state index < -0.39 is 5.97 Å². The lowest BCUT2D eigenvalue weighted by Gasteiger charge is -2.42. The van der Waals surface area contributed by atoms with Gasteiger partial charge in [0, 0.05) is 25.2 Å². The van der Waals surface area contributed by atoms with Gasteiger partial charge in [-0.25, -0.2) is 4.99 Å². The molecule has 0 aromatic heterocycles. The largest absolute Gasteiger partial charge is 0.481 e. The van der Waals surface area contributed by atoms with E-state index in [-0.39, 0.29) is 12.5 Å². The minimum Gasteiger partial charge on any atom is -0.481 e. The number of carboxylic acids is 1. The zero-order valence-corrected chi connectivity index (χ0v) is 13.0. The maximum atomic E-state index is 11.3. The van der Waals surface area contributed by atoms with E-state index in [1.807, 2.05) is 24.3 Å². The second-order valence-corrected chi connectivity index (χ2v) is 5.92. The van der Waals surface area contributed by atoms with Crippen LogP contribution in [0.25, 0.3) is 0 Å². The molecule has 1 atom stereocenters. The van der Waals surface area contributed by atoms with Crippen LogP contribution in [-0.4, -0.2) is 46.5 Å². The number of piperidine rings is 1. The second-order valence-electron chi connectivity index (χ2n) is 5.92. The molecule has 1 saturated heterocycles. The lowest BCUT2D eigenvalue weighted by molar-refractivity contribution is -0.138. The Morgan fingerprint density at radius 3 is 2.68 bits per heavy atom. The fourth-order valence-corrected chi connectivity index (χ4v) is 3.44. The number of aliphatic imine (C=N–C) groups is 1. The Bertz CT molecular complexity index is 579. The van der Waals surface area contributed by atoms with Crippen LogP contribution in [0.5, 0.6) is 0 Å². The maximum absolute atomic E-state index is 11.3. The molecule has 0 radical (unpaired) electrons. The Balaban J connectivity index is 2.01. The van der Waals surface area contributed by atoms with Gasteiger partial charge in [0.1, 0.15) is 0 Å². The molecule has 1 N–H and O–H groups in total. The molecule has 2 aliphatic heterocycles. The first kappa shape index (κ1) is 14.9. The highest BCUT2D eigenvalue weighted by Gasteiger charge is 2.33. The predicted molar refractivity (Wildman–Crippen MR) is 86.3 cm³/mol. The second kappa shape index (κ2) is 6.38. The number of para-hydroxylation sites is 1. The number of rotatable bonds is 3. The molecule has 2 heterocycles. The maximum Gasteiger partial charge on any atom is 0.305 e. The van der Waals surface area contributed by atoms with Crippen molar-refractivity contribution >= 4 is 17.6 Å². The van der Waals surface area contributed by atoms with E-state index in [1.54, 1.807) is 0 Å². The molecule has 0 spiro atoms. The number of likely N-dealkylation sites (tertiary alicyclic amines) is 1. The number of hydrogen-bond acceptors (Lipinski definition) is 4. The van der Waals surface area contributed by atoms with E-state index >= 15 is 0 Å². The number of guanidine groups is 1. The summed E-state index contributed by atoms with van der Waals surface area (Å²) in [5.41, 5.74) is 1.94. The minimum absolute atomic E-state index is 0.109. The molecule has 3 rings (SSSR count). The van der Waals surface area contributed by atoms with Crippen LogP contribution >= 0.6 is 0 Å². The third kappa shape index (κ3) is 2.80. The summed E-state index contributed by atoms with van der Waals surface area (Å²) in [5.74, 6) is 0.185. The van der Waals surface area contributed by atoms with Crippen LogP contribution in [0.4, 0.5) is 5.69 Å². The molecule has 22 heavy (non-hydrogen) atoms. The summed E-state index contributed by atoms with van der Waals surface area (Å²) >= 11 is 0. The van der Waals surface area contributed by atoms with Crippen molar-refractivity contribution in [3.63, 3.8) is 0 Å². The summed E-state index contributed by atoms with van der Waals surface area (Å²) in [7, 11) is 0. The smallest absolute Gasteiger partial charge is 0.305 e. The molecule has 0 aliphatic carbocycles. The third-order valence-corrected chi connectivity index (χ3v) is 4.50. The molecule has 0 amide bonds. The van der Waals surface area contributed by atoms with Gasteiger partial charge in [-0.05, 0) is 32.3 Å². The quantitative estimate of drug-likeness (QED) is 0.932. The Hall–Kier alpha value is -2.04. The monoisotopic (exact) mass is 301 g/mol. The van der Waals surface area contributed by atoms with Crippen LogP contribution in [-0.2, 0) is 4.79 Å². The average Bonchev–Trinajstić information content (AvgIpc) is 2.55. The summed E-state index contributed by atoms with van der Waals surface area (Å²) in [5, 5.41) is 9.32. The summed E-state index contributed by atoms with van der Waals surface area (Å²) < 4.78 is 0. The molecule has 118 valence electrons. The highest BCUT2D eigenvalue weighted by atomic mass is 16.4. The van der Waals surface area contributed by atoms with E-state index in [0.717, 1.165) is 36.8 Å².